The number of nitrogens with zero attached hydrogens (tertiary/aromatic N) is 4. The molecule has 1 aliphatic carbocycles. The molecule has 1 amide bonds. The first-order valence-corrected chi connectivity index (χ1v) is 11.8. The number of rotatable bonds is 3. The van der Waals surface area contributed by atoms with E-state index in [9.17, 15) is 4.79 Å². The molecule has 2 aromatic rings. The summed E-state index contributed by atoms with van der Waals surface area (Å²) in [4.78, 5) is 20.5. The molecule has 0 bridgehead atoms. The summed E-state index contributed by atoms with van der Waals surface area (Å²) in [5.74, 6) is 0.660. The van der Waals surface area contributed by atoms with Gasteiger partial charge in [0.15, 0.2) is 0 Å². The predicted molar refractivity (Wildman–Crippen MR) is 117 cm³/mol. The number of fused-ring (bicyclic) bond motifs is 1. The van der Waals surface area contributed by atoms with Crippen LogP contribution in [0.3, 0.4) is 0 Å². The van der Waals surface area contributed by atoms with E-state index in [2.05, 4.69) is 49.6 Å². The molecule has 1 N–H and O–H groups in total. The van der Waals surface area contributed by atoms with E-state index in [4.69, 9.17) is 0 Å². The molecule has 6 rings (SSSR count). The Kier molecular flexibility index (Phi) is 4.15. The number of benzene rings is 1. The van der Waals surface area contributed by atoms with Crippen molar-refractivity contribution >= 4 is 33.2 Å². The summed E-state index contributed by atoms with van der Waals surface area (Å²) in [6, 6.07) is 6.78. The number of aromatic nitrogens is 1. The summed E-state index contributed by atoms with van der Waals surface area (Å²) in [6.45, 7) is 6.61. The van der Waals surface area contributed by atoms with Crippen molar-refractivity contribution in [3.05, 3.63) is 23.9 Å². The summed E-state index contributed by atoms with van der Waals surface area (Å²) in [5, 5.41) is 4.33. The number of hydrogen-bond acceptors (Lipinski definition) is 6. The molecule has 29 heavy (non-hydrogen) atoms. The van der Waals surface area contributed by atoms with Crippen LogP contribution in [-0.2, 0) is 0 Å². The first-order valence-electron chi connectivity index (χ1n) is 11.0. The highest BCUT2D eigenvalue weighted by atomic mass is 32.1. The number of carbonyl (C=O) groups excluding carboxylic acids is 1. The number of anilines is 1. The number of likely N-dealkylation sites (N-methyl/N-ethyl adjacent to an activating group) is 1. The maximum absolute atomic E-state index is 13.1. The maximum Gasteiger partial charge on any atom is 0.271 e. The smallest absolute Gasteiger partial charge is 0.271 e. The highest BCUT2D eigenvalue weighted by molar-refractivity contribution is 7.13. The van der Waals surface area contributed by atoms with Gasteiger partial charge >= 0.3 is 0 Å². The van der Waals surface area contributed by atoms with E-state index in [1.54, 1.807) is 0 Å². The lowest BCUT2D eigenvalue weighted by molar-refractivity contribution is -0.0676. The fourth-order valence-corrected chi connectivity index (χ4v) is 6.90. The van der Waals surface area contributed by atoms with E-state index in [1.165, 1.54) is 49.4 Å². The molecule has 4 fully saturated rings. The largest absolute Gasteiger partial charge is 0.370 e. The van der Waals surface area contributed by atoms with Gasteiger partial charge in [0.2, 0.25) is 0 Å². The lowest BCUT2D eigenvalue weighted by atomic mass is 9.61. The van der Waals surface area contributed by atoms with Gasteiger partial charge in [-0.25, -0.2) is 0 Å². The minimum absolute atomic E-state index is 0.00921. The van der Waals surface area contributed by atoms with E-state index in [1.807, 2.05) is 0 Å². The SMILES string of the molecule is CN1CCCN(c2ccc3c(C(=O)N[C@@H]4CN5CCC56CC[C@H]46)nsc3c2)CC1. The Labute approximate surface area is 176 Å². The molecule has 3 atom stereocenters. The molecule has 154 valence electrons. The summed E-state index contributed by atoms with van der Waals surface area (Å²) in [5.41, 5.74) is 2.30. The van der Waals surface area contributed by atoms with Crippen molar-refractivity contribution in [2.45, 2.75) is 37.3 Å². The van der Waals surface area contributed by atoms with Crippen molar-refractivity contribution in [2.24, 2.45) is 5.92 Å². The van der Waals surface area contributed by atoms with Gasteiger partial charge in [-0.3, -0.25) is 9.69 Å². The summed E-state index contributed by atoms with van der Waals surface area (Å²) in [7, 11) is 2.19. The fourth-order valence-electron chi connectivity index (χ4n) is 6.09. The van der Waals surface area contributed by atoms with Crippen LogP contribution in [0.15, 0.2) is 18.2 Å². The van der Waals surface area contributed by atoms with Crippen LogP contribution in [0.1, 0.15) is 36.2 Å². The predicted octanol–water partition coefficient (Wildman–Crippen LogP) is 2.40. The minimum Gasteiger partial charge on any atom is -0.370 e. The van der Waals surface area contributed by atoms with Crippen LogP contribution >= 0.6 is 11.5 Å². The Hall–Kier alpha value is -1.70. The van der Waals surface area contributed by atoms with Crippen LogP contribution in [0.2, 0.25) is 0 Å². The van der Waals surface area contributed by atoms with Gasteiger partial charge in [0.05, 0.1) is 4.70 Å². The van der Waals surface area contributed by atoms with E-state index >= 15 is 0 Å². The maximum atomic E-state index is 13.1. The quantitative estimate of drug-likeness (QED) is 0.841. The number of amides is 1. The second kappa shape index (κ2) is 6.65. The van der Waals surface area contributed by atoms with Crippen molar-refractivity contribution in [1.82, 2.24) is 19.5 Å². The molecule has 6 nitrogen and oxygen atoms in total. The van der Waals surface area contributed by atoms with E-state index in [0.29, 0.717) is 23.2 Å². The van der Waals surface area contributed by atoms with Crippen LogP contribution in [-0.4, -0.2) is 78.0 Å². The monoisotopic (exact) mass is 411 g/mol. The zero-order chi connectivity index (χ0) is 19.6. The molecule has 4 heterocycles. The van der Waals surface area contributed by atoms with Crippen molar-refractivity contribution in [1.29, 1.82) is 0 Å². The Morgan fingerprint density at radius 3 is 2.90 bits per heavy atom. The number of hydrogen-bond donors (Lipinski definition) is 1. The van der Waals surface area contributed by atoms with Gasteiger partial charge in [0, 0.05) is 55.4 Å². The van der Waals surface area contributed by atoms with Gasteiger partial charge < -0.3 is 15.1 Å². The summed E-state index contributed by atoms with van der Waals surface area (Å²) in [6.07, 6.45) is 5.08. The minimum atomic E-state index is 0.00921. The van der Waals surface area contributed by atoms with Crippen molar-refractivity contribution < 1.29 is 4.79 Å². The highest BCUT2D eigenvalue weighted by Crippen LogP contribution is 2.57. The second-order valence-corrected chi connectivity index (χ2v) is 10.2. The molecule has 7 heteroatoms. The van der Waals surface area contributed by atoms with Crippen molar-refractivity contribution in [3.8, 4) is 0 Å². The number of carbonyl (C=O) groups is 1. The van der Waals surface area contributed by atoms with E-state index in [-0.39, 0.29) is 5.91 Å². The molecule has 1 saturated carbocycles. The summed E-state index contributed by atoms with van der Waals surface area (Å²) >= 11 is 1.45. The third-order valence-electron chi connectivity index (χ3n) is 8.00. The average Bonchev–Trinajstić information content (AvgIpc) is 3.04. The van der Waals surface area contributed by atoms with Crippen LogP contribution in [0, 0.1) is 5.92 Å². The molecule has 4 aliphatic rings. The molecular weight excluding hydrogens is 382 g/mol. The zero-order valence-corrected chi connectivity index (χ0v) is 17.9. The first kappa shape index (κ1) is 18.1. The van der Waals surface area contributed by atoms with Crippen LogP contribution < -0.4 is 10.2 Å². The average molecular weight is 412 g/mol. The van der Waals surface area contributed by atoms with Crippen molar-refractivity contribution in [2.75, 3.05) is 51.2 Å². The van der Waals surface area contributed by atoms with E-state index < -0.39 is 0 Å². The molecule has 1 unspecified atom stereocenters. The summed E-state index contributed by atoms with van der Waals surface area (Å²) < 4.78 is 5.67. The molecular formula is C22H29N5OS. The van der Waals surface area contributed by atoms with Gasteiger partial charge in [0.1, 0.15) is 5.69 Å². The van der Waals surface area contributed by atoms with Gasteiger partial charge in [-0.15, -0.1) is 0 Å². The molecule has 3 aliphatic heterocycles. The lowest BCUT2D eigenvalue weighted by Crippen LogP contribution is -2.64. The highest BCUT2D eigenvalue weighted by Gasteiger charge is 2.63. The molecule has 1 aromatic carbocycles. The fraction of sp³-hybridized carbons (Fsp3) is 0.636. The van der Waals surface area contributed by atoms with Gasteiger partial charge in [-0.1, -0.05) is 0 Å². The standard InChI is InChI=1S/C22H29N5OS/c1-25-8-2-9-26(12-11-25)15-3-4-16-19(13-15)29-24-20(16)21(28)23-18-14-27-10-7-22(27)6-5-17(18)22/h3-4,13,17-18H,2,5-12,14H2,1H3,(H,23,28)/t17-,18-,22?/m1/s1. The van der Waals surface area contributed by atoms with Gasteiger partial charge in [-0.05, 0) is 74.9 Å². The third-order valence-corrected chi connectivity index (χ3v) is 8.81. The lowest BCUT2D eigenvalue weighted by Gasteiger charge is -2.58. The molecule has 1 aromatic heterocycles. The topological polar surface area (TPSA) is 51.7 Å². The van der Waals surface area contributed by atoms with Gasteiger partial charge in [-0.2, -0.15) is 4.37 Å². The van der Waals surface area contributed by atoms with E-state index in [0.717, 1.165) is 42.8 Å². The molecule has 0 radical (unpaired) electrons. The van der Waals surface area contributed by atoms with Crippen LogP contribution in [0.4, 0.5) is 5.69 Å². The molecule has 3 saturated heterocycles. The molecule has 1 spiro atoms. The normalized spacial score (nSPS) is 32.2. The van der Waals surface area contributed by atoms with Crippen LogP contribution in [0.5, 0.6) is 0 Å². The zero-order valence-electron chi connectivity index (χ0n) is 17.1. The Balaban J connectivity index is 1.20. The number of nitrogens with one attached hydrogen (secondary N) is 1. The Morgan fingerprint density at radius 1 is 1.21 bits per heavy atom. The Bertz CT molecular complexity index is 956. The van der Waals surface area contributed by atoms with Crippen LogP contribution in [0.25, 0.3) is 10.1 Å². The van der Waals surface area contributed by atoms with Gasteiger partial charge in [0.25, 0.3) is 5.91 Å². The third kappa shape index (κ3) is 2.74. The first-order chi connectivity index (χ1) is 14.1. The Morgan fingerprint density at radius 2 is 2.14 bits per heavy atom. The second-order valence-electron chi connectivity index (χ2n) is 9.38. The van der Waals surface area contributed by atoms with Crippen molar-refractivity contribution in [3.63, 3.8) is 0 Å².